The number of hydrogen-bond acceptors (Lipinski definition) is 5. The Labute approximate surface area is 132 Å². The molecule has 6 nitrogen and oxygen atoms in total. The maximum absolute atomic E-state index is 12.1. The van der Waals surface area contributed by atoms with Crippen LogP contribution in [0.25, 0.3) is 11.3 Å². The van der Waals surface area contributed by atoms with E-state index in [1.54, 1.807) is 24.3 Å². The molecule has 1 saturated heterocycles. The van der Waals surface area contributed by atoms with Crippen LogP contribution >= 0.6 is 11.6 Å². The topological polar surface area (TPSA) is 89.3 Å². The van der Waals surface area contributed by atoms with Gasteiger partial charge in [0.05, 0.1) is 11.5 Å². The Bertz CT molecular complexity index is 799. The summed E-state index contributed by atoms with van der Waals surface area (Å²) in [4.78, 5) is 12.1. The van der Waals surface area contributed by atoms with E-state index in [1.165, 1.54) is 6.07 Å². The molecule has 1 aromatic heterocycles. The van der Waals surface area contributed by atoms with Crippen molar-refractivity contribution < 1.29 is 17.7 Å². The quantitative estimate of drug-likeness (QED) is 0.921. The maximum atomic E-state index is 12.1. The third-order valence-electron chi connectivity index (χ3n) is 3.44. The molecule has 1 aromatic carbocycles. The van der Waals surface area contributed by atoms with Gasteiger partial charge >= 0.3 is 0 Å². The molecule has 1 aliphatic rings. The van der Waals surface area contributed by atoms with Gasteiger partial charge in [-0.1, -0.05) is 16.8 Å². The monoisotopic (exact) mass is 340 g/mol. The van der Waals surface area contributed by atoms with E-state index in [4.69, 9.17) is 16.1 Å². The van der Waals surface area contributed by atoms with Crippen molar-refractivity contribution in [1.29, 1.82) is 0 Å². The van der Waals surface area contributed by atoms with Crippen molar-refractivity contribution in [1.82, 2.24) is 10.5 Å². The predicted molar refractivity (Wildman–Crippen MR) is 81.5 cm³/mol. The third kappa shape index (κ3) is 3.31. The highest BCUT2D eigenvalue weighted by molar-refractivity contribution is 7.91. The number of amides is 1. The number of aromatic nitrogens is 1. The Morgan fingerprint density at radius 3 is 2.68 bits per heavy atom. The zero-order valence-corrected chi connectivity index (χ0v) is 13.0. The highest BCUT2D eigenvalue weighted by Gasteiger charge is 2.29. The average molecular weight is 341 g/mol. The SMILES string of the molecule is O=C(NC1CCS(=O)(=O)C1)c1cc(-c2ccc(Cl)cc2)on1. The number of nitrogens with one attached hydrogen (secondary N) is 1. The van der Waals surface area contributed by atoms with Gasteiger partial charge in [0, 0.05) is 22.7 Å². The van der Waals surface area contributed by atoms with Gasteiger partial charge in [-0.2, -0.15) is 0 Å². The Balaban J connectivity index is 1.71. The molecule has 1 aliphatic heterocycles. The fraction of sp³-hybridized carbons (Fsp3) is 0.286. The van der Waals surface area contributed by atoms with Gasteiger partial charge in [-0.05, 0) is 30.7 Å². The normalized spacial score (nSPS) is 20.0. The van der Waals surface area contributed by atoms with Crippen molar-refractivity contribution in [2.45, 2.75) is 12.5 Å². The van der Waals surface area contributed by atoms with Crippen LogP contribution in [0.4, 0.5) is 0 Å². The van der Waals surface area contributed by atoms with E-state index >= 15 is 0 Å². The number of rotatable bonds is 3. The maximum Gasteiger partial charge on any atom is 0.273 e. The molecule has 0 aliphatic carbocycles. The molecule has 0 spiro atoms. The molecular formula is C14H13ClN2O4S. The van der Waals surface area contributed by atoms with Crippen LogP contribution in [-0.4, -0.2) is 37.0 Å². The highest BCUT2D eigenvalue weighted by atomic mass is 35.5. The predicted octanol–water partition coefficient (Wildman–Crippen LogP) is 1.91. The summed E-state index contributed by atoms with van der Waals surface area (Å²) < 4.78 is 27.9. The number of hydrogen-bond donors (Lipinski definition) is 1. The fourth-order valence-electron chi connectivity index (χ4n) is 2.30. The lowest BCUT2D eigenvalue weighted by Gasteiger charge is -2.08. The molecule has 1 fully saturated rings. The summed E-state index contributed by atoms with van der Waals surface area (Å²) in [7, 11) is -3.04. The van der Waals surface area contributed by atoms with Crippen molar-refractivity contribution in [3.63, 3.8) is 0 Å². The lowest BCUT2D eigenvalue weighted by atomic mass is 10.1. The van der Waals surface area contributed by atoms with Gasteiger partial charge in [0.25, 0.3) is 5.91 Å². The lowest BCUT2D eigenvalue weighted by molar-refractivity contribution is 0.0932. The number of carbonyl (C=O) groups excluding carboxylic acids is 1. The molecule has 0 bridgehead atoms. The molecule has 1 amide bonds. The van der Waals surface area contributed by atoms with Crippen LogP contribution < -0.4 is 5.32 Å². The summed E-state index contributed by atoms with van der Waals surface area (Å²) in [6, 6.07) is 8.09. The molecule has 1 unspecified atom stereocenters. The van der Waals surface area contributed by atoms with Crippen LogP contribution in [0.5, 0.6) is 0 Å². The molecule has 22 heavy (non-hydrogen) atoms. The van der Waals surface area contributed by atoms with Gasteiger partial charge in [0.1, 0.15) is 0 Å². The molecule has 2 heterocycles. The Morgan fingerprint density at radius 1 is 1.32 bits per heavy atom. The fourth-order valence-corrected chi connectivity index (χ4v) is 4.10. The van der Waals surface area contributed by atoms with Crippen LogP contribution in [0.1, 0.15) is 16.9 Å². The van der Waals surface area contributed by atoms with Gasteiger partial charge in [-0.3, -0.25) is 4.79 Å². The first-order chi connectivity index (χ1) is 10.4. The van der Waals surface area contributed by atoms with E-state index in [9.17, 15) is 13.2 Å². The van der Waals surface area contributed by atoms with Crippen LogP contribution in [0.15, 0.2) is 34.9 Å². The summed E-state index contributed by atoms with van der Waals surface area (Å²) >= 11 is 5.81. The molecule has 1 atom stereocenters. The van der Waals surface area contributed by atoms with Crippen LogP contribution in [-0.2, 0) is 9.84 Å². The van der Waals surface area contributed by atoms with Crippen molar-refractivity contribution >= 4 is 27.3 Å². The zero-order chi connectivity index (χ0) is 15.7. The standard InChI is InChI=1S/C14H13ClN2O4S/c15-10-3-1-9(2-4-10)13-7-12(17-21-13)14(18)16-11-5-6-22(19,20)8-11/h1-4,7,11H,5-6,8H2,(H,16,18). The van der Waals surface area contributed by atoms with E-state index < -0.39 is 15.7 Å². The van der Waals surface area contributed by atoms with E-state index in [0.29, 0.717) is 17.2 Å². The van der Waals surface area contributed by atoms with Crippen LogP contribution in [0.3, 0.4) is 0 Å². The molecule has 1 N–H and O–H groups in total. The van der Waals surface area contributed by atoms with Crippen molar-refractivity contribution in [2.75, 3.05) is 11.5 Å². The first-order valence-electron chi connectivity index (χ1n) is 6.67. The van der Waals surface area contributed by atoms with Crippen molar-refractivity contribution in [3.8, 4) is 11.3 Å². The minimum atomic E-state index is -3.04. The first kappa shape index (κ1) is 15.1. The first-order valence-corrected chi connectivity index (χ1v) is 8.87. The molecule has 0 radical (unpaired) electrons. The largest absolute Gasteiger partial charge is 0.355 e. The van der Waals surface area contributed by atoms with E-state index in [0.717, 1.165) is 5.56 Å². The van der Waals surface area contributed by atoms with E-state index in [2.05, 4.69) is 10.5 Å². The minimum absolute atomic E-state index is 0.0271. The second-order valence-corrected chi connectivity index (χ2v) is 7.82. The summed E-state index contributed by atoms with van der Waals surface area (Å²) in [5.74, 6) is 0.0832. The van der Waals surface area contributed by atoms with Gasteiger partial charge in [0.15, 0.2) is 21.3 Å². The summed E-state index contributed by atoms with van der Waals surface area (Å²) in [5, 5.41) is 6.99. The van der Waals surface area contributed by atoms with Gasteiger partial charge in [0.2, 0.25) is 0 Å². The summed E-state index contributed by atoms with van der Waals surface area (Å²) in [6.07, 6.45) is 0.427. The third-order valence-corrected chi connectivity index (χ3v) is 5.46. The second kappa shape index (κ2) is 5.73. The molecule has 3 rings (SSSR count). The number of carbonyl (C=O) groups is 1. The Morgan fingerprint density at radius 2 is 2.05 bits per heavy atom. The molecule has 116 valence electrons. The van der Waals surface area contributed by atoms with Gasteiger partial charge in [-0.25, -0.2) is 8.42 Å². The minimum Gasteiger partial charge on any atom is -0.355 e. The highest BCUT2D eigenvalue weighted by Crippen LogP contribution is 2.22. The molecule has 0 saturated carbocycles. The van der Waals surface area contributed by atoms with E-state index in [-0.39, 0.29) is 23.2 Å². The zero-order valence-electron chi connectivity index (χ0n) is 11.5. The van der Waals surface area contributed by atoms with Crippen LogP contribution in [0, 0.1) is 0 Å². The Hall–Kier alpha value is -1.86. The molecular weight excluding hydrogens is 328 g/mol. The lowest BCUT2D eigenvalue weighted by Crippen LogP contribution is -2.35. The van der Waals surface area contributed by atoms with Gasteiger partial charge in [-0.15, -0.1) is 0 Å². The number of halogens is 1. The van der Waals surface area contributed by atoms with Crippen LogP contribution in [0.2, 0.25) is 5.02 Å². The summed E-state index contributed by atoms with van der Waals surface area (Å²) in [6.45, 7) is 0. The number of benzene rings is 1. The molecule has 8 heteroatoms. The number of nitrogens with zero attached hydrogens (tertiary/aromatic N) is 1. The average Bonchev–Trinajstić information content (AvgIpc) is 3.06. The van der Waals surface area contributed by atoms with Crippen molar-refractivity contribution in [2.24, 2.45) is 0 Å². The van der Waals surface area contributed by atoms with Crippen molar-refractivity contribution in [3.05, 3.63) is 41.0 Å². The summed E-state index contributed by atoms with van der Waals surface area (Å²) in [5.41, 5.74) is 0.869. The smallest absolute Gasteiger partial charge is 0.273 e. The molecule has 2 aromatic rings. The van der Waals surface area contributed by atoms with Gasteiger partial charge < -0.3 is 9.84 Å². The Kier molecular flexibility index (Phi) is 3.92. The number of sulfone groups is 1. The second-order valence-electron chi connectivity index (χ2n) is 5.16. The van der Waals surface area contributed by atoms with E-state index in [1.807, 2.05) is 0 Å².